The first kappa shape index (κ1) is 17.5. The Labute approximate surface area is 151 Å². The Morgan fingerprint density at radius 1 is 1.15 bits per heavy atom. The van der Waals surface area contributed by atoms with Gasteiger partial charge in [-0.25, -0.2) is 14.4 Å². The summed E-state index contributed by atoms with van der Waals surface area (Å²) in [5.41, 5.74) is 0.386. The van der Waals surface area contributed by atoms with E-state index in [0.717, 1.165) is 6.07 Å². The molecular formula is C18H14F4N4O. The third kappa shape index (κ3) is 2.57. The standard InChI is InChI=1S/C18H14F4N4O/c1-9-11(19)4-3-5-12(9)26-16-10(6-7-13(24-16)18(20,21)22)15-14(17(26)27)23-8-25(15)2/h3-8,17,27H,1-2H3. The average molecular weight is 378 g/mol. The minimum Gasteiger partial charge on any atom is -0.368 e. The van der Waals surface area contributed by atoms with Gasteiger partial charge in [-0.2, -0.15) is 13.2 Å². The van der Waals surface area contributed by atoms with E-state index >= 15 is 0 Å². The first-order valence-corrected chi connectivity index (χ1v) is 8.02. The SMILES string of the molecule is Cc1c(F)cccc1N1c2nc(C(F)(F)F)ccc2-c2c(ncn2C)C1O. The second-order valence-corrected chi connectivity index (χ2v) is 6.28. The van der Waals surface area contributed by atoms with E-state index in [1.165, 1.54) is 42.4 Å². The summed E-state index contributed by atoms with van der Waals surface area (Å²) >= 11 is 0. The number of hydrogen-bond acceptors (Lipinski definition) is 4. The van der Waals surface area contributed by atoms with Crippen molar-refractivity contribution < 1.29 is 22.7 Å². The van der Waals surface area contributed by atoms with Gasteiger partial charge in [-0.1, -0.05) is 6.07 Å². The maximum Gasteiger partial charge on any atom is 0.433 e. The van der Waals surface area contributed by atoms with Crippen LogP contribution in [0.25, 0.3) is 11.3 Å². The number of nitrogens with zero attached hydrogens (tertiary/aromatic N) is 4. The highest BCUT2D eigenvalue weighted by Crippen LogP contribution is 2.47. The number of aryl methyl sites for hydroxylation is 1. The summed E-state index contributed by atoms with van der Waals surface area (Å²) in [5.74, 6) is -0.651. The van der Waals surface area contributed by atoms with E-state index in [1.54, 1.807) is 11.6 Å². The Kier molecular flexibility index (Phi) is 3.74. The Bertz CT molecular complexity index is 1040. The van der Waals surface area contributed by atoms with Crippen LogP contribution in [0.2, 0.25) is 0 Å². The highest BCUT2D eigenvalue weighted by atomic mass is 19.4. The molecule has 1 aliphatic heterocycles. The molecule has 4 rings (SSSR count). The van der Waals surface area contributed by atoms with Crippen molar-refractivity contribution in [3.63, 3.8) is 0 Å². The summed E-state index contributed by atoms with van der Waals surface area (Å²) in [7, 11) is 1.67. The van der Waals surface area contributed by atoms with E-state index < -0.39 is 23.9 Å². The van der Waals surface area contributed by atoms with E-state index in [4.69, 9.17) is 0 Å². The predicted octanol–water partition coefficient (Wildman–Crippen LogP) is 4.09. The van der Waals surface area contributed by atoms with Gasteiger partial charge >= 0.3 is 6.18 Å². The lowest BCUT2D eigenvalue weighted by atomic mass is 10.0. The van der Waals surface area contributed by atoms with Crippen molar-refractivity contribution in [2.24, 2.45) is 7.05 Å². The first-order valence-electron chi connectivity index (χ1n) is 8.02. The molecule has 9 heteroatoms. The van der Waals surface area contributed by atoms with Crippen LogP contribution in [0.15, 0.2) is 36.7 Å². The summed E-state index contributed by atoms with van der Waals surface area (Å²) in [4.78, 5) is 9.10. The molecule has 0 fully saturated rings. The molecule has 3 aromatic rings. The zero-order valence-corrected chi connectivity index (χ0v) is 14.3. The summed E-state index contributed by atoms with van der Waals surface area (Å²) < 4.78 is 55.3. The highest BCUT2D eigenvalue weighted by Gasteiger charge is 2.39. The highest BCUT2D eigenvalue weighted by molar-refractivity contribution is 5.84. The monoisotopic (exact) mass is 378 g/mol. The number of aromatic nitrogens is 3. The van der Waals surface area contributed by atoms with Gasteiger partial charge in [-0.3, -0.25) is 4.90 Å². The molecule has 0 radical (unpaired) electrons. The number of rotatable bonds is 1. The number of halogens is 4. The third-order valence-corrected chi connectivity index (χ3v) is 4.60. The van der Waals surface area contributed by atoms with Crippen LogP contribution in [0.5, 0.6) is 0 Å². The van der Waals surface area contributed by atoms with Gasteiger partial charge in [-0.15, -0.1) is 0 Å². The number of alkyl halides is 3. The van der Waals surface area contributed by atoms with Gasteiger partial charge < -0.3 is 9.67 Å². The molecule has 1 aliphatic rings. The molecule has 0 amide bonds. The largest absolute Gasteiger partial charge is 0.433 e. The third-order valence-electron chi connectivity index (χ3n) is 4.60. The van der Waals surface area contributed by atoms with Gasteiger partial charge in [0.05, 0.1) is 17.7 Å². The van der Waals surface area contributed by atoms with Crippen LogP contribution in [0, 0.1) is 12.7 Å². The van der Waals surface area contributed by atoms with Crippen LogP contribution in [-0.2, 0) is 13.2 Å². The minimum atomic E-state index is -4.66. The molecule has 27 heavy (non-hydrogen) atoms. The Morgan fingerprint density at radius 2 is 1.89 bits per heavy atom. The molecule has 1 atom stereocenters. The number of hydrogen-bond donors (Lipinski definition) is 1. The van der Waals surface area contributed by atoms with E-state index in [-0.39, 0.29) is 22.8 Å². The van der Waals surface area contributed by atoms with Crippen molar-refractivity contribution in [3.05, 3.63) is 59.4 Å². The molecule has 3 heterocycles. The van der Waals surface area contributed by atoms with Crippen molar-refractivity contribution in [3.8, 4) is 11.3 Å². The van der Waals surface area contributed by atoms with Crippen molar-refractivity contribution in [2.75, 3.05) is 4.90 Å². The van der Waals surface area contributed by atoms with E-state index in [2.05, 4.69) is 9.97 Å². The van der Waals surface area contributed by atoms with Gasteiger partial charge in [0.15, 0.2) is 6.23 Å². The lowest BCUT2D eigenvalue weighted by Gasteiger charge is -2.35. The van der Waals surface area contributed by atoms with E-state index in [9.17, 15) is 22.7 Å². The summed E-state index contributed by atoms with van der Waals surface area (Å²) in [5, 5.41) is 10.9. The number of aliphatic hydroxyl groups is 1. The fourth-order valence-corrected chi connectivity index (χ4v) is 3.28. The van der Waals surface area contributed by atoms with Crippen LogP contribution >= 0.6 is 0 Å². The zero-order chi connectivity index (χ0) is 19.5. The molecule has 1 unspecified atom stereocenters. The Hall–Kier alpha value is -2.94. The summed E-state index contributed by atoms with van der Waals surface area (Å²) in [6, 6.07) is 6.35. The van der Waals surface area contributed by atoms with Crippen LogP contribution in [-0.4, -0.2) is 19.6 Å². The molecular weight excluding hydrogens is 364 g/mol. The number of fused-ring (bicyclic) bond motifs is 3. The quantitative estimate of drug-likeness (QED) is 0.648. The average Bonchev–Trinajstić information content (AvgIpc) is 3.00. The molecule has 0 spiro atoms. The summed E-state index contributed by atoms with van der Waals surface area (Å²) in [6.07, 6.45) is -4.61. The number of benzene rings is 1. The maximum absolute atomic E-state index is 14.1. The first-order chi connectivity index (χ1) is 12.7. The second-order valence-electron chi connectivity index (χ2n) is 6.28. The van der Waals surface area contributed by atoms with Crippen LogP contribution < -0.4 is 4.90 Å². The van der Waals surface area contributed by atoms with Gasteiger partial charge in [-0.05, 0) is 31.2 Å². The topological polar surface area (TPSA) is 54.2 Å². The fraction of sp³-hybridized carbons (Fsp3) is 0.222. The molecule has 2 aromatic heterocycles. The molecule has 1 aromatic carbocycles. The minimum absolute atomic E-state index is 0.109. The molecule has 1 N–H and O–H groups in total. The van der Waals surface area contributed by atoms with Gasteiger partial charge in [0.1, 0.15) is 23.0 Å². The zero-order valence-electron chi connectivity index (χ0n) is 14.3. The maximum atomic E-state index is 14.1. The van der Waals surface area contributed by atoms with Crippen molar-refractivity contribution in [1.29, 1.82) is 0 Å². The lowest BCUT2D eigenvalue weighted by Crippen LogP contribution is -2.30. The Balaban J connectivity index is 2.03. The van der Waals surface area contributed by atoms with Gasteiger partial charge in [0, 0.05) is 18.2 Å². The molecule has 0 bridgehead atoms. The number of aliphatic hydroxyl groups excluding tert-OH is 1. The fourth-order valence-electron chi connectivity index (χ4n) is 3.28. The second kappa shape index (κ2) is 5.78. The summed E-state index contributed by atoms with van der Waals surface area (Å²) in [6.45, 7) is 1.48. The van der Waals surface area contributed by atoms with Gasteiger partial charge in [0.2, 0.25) is 0 Å². The number of imidazole rings is 1. The van der Waals surface area contributed by atoms with Crippen LogP contribution in [0.4, 0.5) is 29.1 Å². The van der Waals surface area contributed by atoms with Crippen molar-refractivity contribution in [1.82, 2.24) is 14.5 Å². The molecule has 0 saturated heterocycles. The molecule has 0 aliphatic carbocycles. The van der Waals surface area contributed by atoms with Crippen LogP contribution in [0.1, 0.15) is 23.2 Å². The molecule has 0 saturated carbocycles. The predicted molar refractivity (Wildman–Crippen MR) is 89.7 cm³/mol. The molecule has 5 nitrogen and oxygen atoms in total. The van der Waals surface area contributed by atoms with Crippen molar-refractivity contribution in [2.45, 2.75) is 19.3 Å². The van der Waals surface area contributed by atoms with Crippen molar-refractivity contribution >= 4 is 11.5 Å². The molecule has 140 valence electrons. The lowest BCUT2D eigenvalue weighted by molar-refractivity contribution is -0.141. The number of pyridine rings is 1. The van der Waals surface area contributed by atoms with Crippen LogP contribution in [0.3, 0.4) is 0 Å². The van der Waals surface area contributed by atoms with Gasteiger partial charge in [0.25, 0.3) is 0 Å². The van der Waals surface area contributed by atoms with E-state index in [1.807, 2.05) is 0 Å². The normalized spacial score (nSPS) is 16.3. The number of anilines is 2. The van der Waals surface area contributed by atoms with E-state index in [0.29, 0.717) is 11.3 Å². The Morgan fingerprint density at radius 3 is 2.59 bits per heavy atom. The smallest absolute Gasteiger partial charge is 0.368 e.